The van der Waals surface area contributed by atoms with E-state index in [2.05, 4.69) is 12.1 Å². The third kappa shape index (κ3) is 3.34. The summed E-state index contributed by atoms with van der Waals surface area (Å²) in [7, 11) is 0. The SMILES string of the molecule is [2H]c1c([2H])c([2H])c(-c2cc(N)cc(-c3c([2H])c([2H])c([2H])c([2H])c3[2H])c2-n2c3ccccc3c3c4c(ccc32)sc2ccccc24)c([2H])c1[2H]. The molecule has 2 N–H and O–H groups in total. The lowest BCUT2D eigenvalue weighted by Crippen LogP contribution is -2.02. The number of benzene rings is 6. The molecule has 0 aliphatic heterocycles. The van der Waals surface area contributed by atoms with Crippen LogP contribution in [0, 0.1) is 0 Å². The van der Waals surface area contributed by atoms with Crippen LogP contribution in [0.4, 0.5) is 5.69 Å². The quantitative estimate of drug-likeness (QED) is 0.228. The molecule has 2 nitrogen and oxygen atoms in total. The molecule has 0 aliphatic rings. The Morgan fingerprint density at radius 3 is 1.90 bits per heavy atom. The minimum absolute atomic E-state index is 0.111. The number of aromatic nitrogens is 1. The van der Waals surface area contributed by atoms with Crippen LogP contribution in [0.3, 0.4) is 0 Å². The number of anilines is 1. The number of nitrogens with two attached hydrogens (primary N) is 1. The van der Waals surface area contributed by atoms with Gasteiger partial charge < -0.3 is 10.3 Å². The van der Waals surface area contributed by atoms with Crippen molar-refractivity contribution in [2.45, 2.75) is 0 Å². The van der Waals surface area contributed by atoms with Gasteiger partial charge in [0, 0.05) is 47.8 Å². The van der Waals surface area contributed by atoms with Crippen LogP contribution in [0.1, 0.15) is 13.7 Å². The van der Waals surface area contributed by atoms with Crippen LogP contribution < -0.4 is 5.73 Å². The first-order valence-corrected chi connectivity index (χ1v) is 13.2. The number of hydrogen-bond donors (Lipinski definition) is 1. The van der Waals surface area contributed by atoms with Crippen molar-refractivity contribution >= 4 is 59.0 Å². The topological polar surface area (TPSA) is 30.9 Å². The van der Waals surface area contributed by atoms with Crippen LogP contribution in [-0.4, -0.2) is 4.57 Å². The highest BCUT2D eigenvalue weighted by Gasteiger charge is 2.22. The Morgan fingerprint density at radius 2 is 1.21 bits per heavy atom. The lowest BCUT2D eigenvalue weighted by molar-refractivity contribution is 1.18. The fraction of sp³-hybridized carbons (Fsp3) is 0. The summed E-state index contributed by atoms with van der Waals surface area (Å²) in [5, 5.41) is 3.88. The number of nitrogen functional groups attached to an aromatic ring is 1. The molecule has 6 aromatic carbocycles. The van der Waals surface area contributed by atoms with Crippen LogP contribution in [-0.2, 0) is 0 Å². The Morgan fingerprint density at radius 1 is 0.590 bits per heavy atom. The van der Waals surface area contributed by atoms with Gasteiger partial charge in [0.15, 0.2) is 0 Å². The van der Waals surface area contributed by atoms with Gasteiger partial charge in [0.25, 0.3) is 0 Å². The molecule has 0 saturated heterocycles. The van der Waals surface area contributed by atoms with Crippen molar-refractivity contribution in [3.63, 3.8) is 0 Å². The molecule has 2 aromatic heterocycles. The van der Waals surface area contributed by atoms with Gasteiger partial charge in [-0.05, 0) is 47.5 Å². The Labute approximate surface area is 244 Å². The molecular weight excluding hydrogens is 492 g/mol. The van der Waals surface area contributed by atoms with E-state index in [9.17, 15) is 0 Å². The average Bonchev–Trinajstić information content (AvgIpc) is 3.64. The van der Waals surface area contributed by atoms with E-state index in [1.165, 1.54) is 12.1 Å². The van der Waals surface area contributed by atoms with Gasteiger partial charge in [0.1, 0.15) is 0 Å². The van der Waals surface area contributed by atoms with Crippen molar-refractivity contribution in [2.24, 2.45) is 0 Å². The van der Waals surface area contributed by atoms with Gasteiger partial charge in [-0.2, -0.15) is 0 Å². The largest absolute Gasteiger partial charge is 0.399 e. The number of rotatable bonds is 3. The lowest BCUT2D eigenvalue weighted by atomic mass is 9.94. The van der Waals surface area contributed by atoms with E-state index in [1.807, 2.05) is 53.1 Å². The van der Waals surface area contributed by atoms with E-state index in [0.29, 0.717) is 11.0 Å². The maximum absolute atomic E-state index is 8.94. The van der Waals surface area contributed by atoms with Gasteiger partial charge in [-0.1, -0.05) is 96.8 Å². The van der Waals surface area contributed by atoms with Gasteiger partial charge in [0.2, 0.25) is 0 Å². The zero-order valence-corrected chi connectivity index (χ0v) is 21.2. The molecular formula is C36H24N2S. The molecule has 8 aromatic rings. The third-order valence-corrected chi connectivity index (χ3v) is 8.21. The summed E-state index contributed by atoms with van der Waals surface area (Å²) < 4.78 is 90.3. The summed E-state index contributed by atoms with van der Waals surface area (Å²) in [5.74, 6) is 0. The second-order valence-electron chi connectivity index (χ2n) is 9.25. The highest BCUT2D eigenvalue weighted by molar-refractivity contribution is 7.26. The predicted octanol–water partition coefficient (Wildman–Crippen LogP) is 10.1. The number of nitrogens with zero attached hydrogens (tertiary/aromatic N) is 1. The van der Waals surface area contributed by atoms with Crippen LogP contribution in [0.25, 0.3) is 69.9 Å². The highest BCUT2D eigenvalue weighted by atomic mass is 32.1. The molecule has 2 heterocycles. The van der Waals surface area contributed by atoms with Crippen LogP contribution in [0.5, 0.6) is 0 Å². The number of fused-ring (bicyclic) bond motifs is 7. The molecule has 0 bridgehead atoms. The highest BCUT2D eigenvalue weighted by Crippen LogP contribution is 2.46. The van der Waals surface area contributed by atoms with Crippen molar-refractivity contribution in [1.29, 1.82) is 0 Å². The van der Waals surface area contributed by atoms with Crippen LogP contribution in [0.15, 0.2) is 133 Å². The molecule has 0 atom stereocenters. The van der Waals surface area contributed by atoms with Crippen molar-refractivity contribution < 1.29 is 13.7 Å². The third-order valence-electron chi connectivity index (χ3n) is 7.07. The van der Waals surface area contributed by atoms with Gasteiger partial charge in [0.05, 0.1) is 30.4 Å². The van der Waals surface area contributed by atoms with E-state index in [4.69, 9.17) is 19.4 Å². The molecule has 39 heavy (non-hydrogen) atoms. The maximum atomic E-state index is 8.94. The minimum Gasteiger partial charge on any atom is -0.399 e. The molecule has 0 aliphatic carbocycles. The summed E-state index contributed by atoms with van der Waals surface area (Å²) in [6, 6.07) is 17.7. The summed E-state index contributed by atoms with van der Waals surface area (Å²) in [4.78, 5) is 0. The standard InChI is InChI=1S/C36H24N2S/c37-25-21-28(23-11-3-1-4-12-23)36(29(22-25)24-13-5-2-6-14-24)38-30-17-9-7-15-26(30)34-31(38)19-20-33-35(34)27-16-8-10-18-32(27)39-33/h1-22H,37H2/i1D,2D,3D,4D,5D,6D,11D,12D,13D,14D. The molecule has 8 rings (SSSR count). The van der Waals surface area contributed by atoms with Gasteiger partial charge >= 0.3 is 0 Å². The maximum Gasteiger partial charge on any atom is 0.0629 e. The van der Waals surface area contributed by atoms with E-state index in [0.717, 1.165) is 30.9 Å². The Hall–Kier alpha value is -4.86. The molecule has 3 heteroatoms. The Balaban J connectivity index is 1.66. The van der Waals surface area contributed by atoms with Crippen molar-refractivity contribution in [3.8, 4) is 27.9 Å². The smallest absolute Gasteiger partial charge is 0.0629 e. The second kappa shape index (κ2) is 8.59. The summed E-state index contributed by atoms with van der Waals surface area (Å²) in [5.41, 5.74) is 8.33. The zero-order valence-electron chi connectivity index (χ0n) is 30.4. The van der Waals surface area contributed by atoms with E-state index in [-0.39, 0.29) is 33.6 Å². The Kier molecular flexibility index (Phi) is 3.16. The summed E-state index contributed by atoms with van der Waals surface area (Å²) in [6.45, 7) is 0. The Bertz CT molecular complexity index is 2600. The van der Waals surface area contributed by atoms with Gasteiger partial charge in [-0.3, -0.25) is 0 Å². The van der Waals surface area contributed by atoms with E-state index in [1.54, 1.807) is 11.3 Å². The van der Waals surface area contributed by atoms with E-state index >= 15 is 0 Å². The zero-order chi connectivity index (χ0) is 34.6. The predicted molar refractivity (Wildman–Crippen MR) is 169 cm³/mol. The van der Waals surface area contributed by atoms with Gasteiger partial charge in [-0.25, -0.2) is 0 Å². The number of hydrogen-bond acceptors (Lipinski definition) is 2. The van der Waals surface area contributed by atoms with Crippen molar-refractivity contribution in [3.05, 3.63) is 133 Å². The normalized spacial score (nSPS) is 15.3. The molecule has 0 unspecified atom stereocenters. The van der Waals surface area contributed by atoms with Crippen molar-refractivity contribution in [1.82, 2.24) is 4.57 Å². The van der Waals surface area contributed by atoms with Crippen LogP contribution in [0.2, 0.25) is 0 Å². The summed E-state index contributed by atoms with van der Waals surface area (Å²) in [6.07, 6.45) is 0. The van der Waals surface area contributed by atoms with Crippen LogP contribution >= 0.6 is 11.3 Å². The average molecular weight is 527 g/mol. The number of thiophene rings is 1. The van der Waals surface area contributed by atoms with E-state index < -0.39 is 60.4 Å². The van der Waals surface area contributed by atoms with Crippen molar-refractivity contribution in [2.75, 3.05) is 5.73 Å². The molecule has 0 amide bonds. The number of para-hydroxylation sites is 1. The molecule has 184 valence electrons. The first kappa shape index (κ1) is 14.3. The molecule has 0 fully saturated rings. The first-order valence-electron chi connectivity index (χ1n) is 17.3. The fourth-order valence-electron chi connectivity index (χ4n) is 5.56. The first-order chi connectivity index (χ1) is 23.4. The lowest BCUT2D eigenvalue weighted by Gasteiger charge is -2.20. The fourth-order valence-corrected chi connectivity index (χ4v) is 6.68. The van der Waals surface area contributed by atoms with Gasteiger partial charge in [-0.15, -0.1) is 11.3 Å². The monoisotopic (exact) mass is 526 g/mol. The summed E-state index contributed by atoms with van der Waals surface area (Å²) >= 11 is 1.67. The minimum atomic E-state index is -0.557. The molecule has 0 spiro atoms. The molecule has 0 radical (unpaired) electrons. The molecule has 0 saturated carbocycles. The second-order valence-corrected chi connectivity index (χ2v) is 10.3.